The van der Waals surface area contributed by atoms with Gasteiger partial charge in [-0.1, -0.05) is 23.2 Å². The quantitative estimate of drug-likeness (QED) is 0.536. The fourth-order valence-electron chi connectivity index (χ4n) is 1.41. The van der Waals surface area contributed by atoms with Crippen molar-refractivity contribution in [3.8, 4) is 0 Å². The highest BCUT2D eigenvalue weighted by molar-refractivity contribution is 7.89. The van der Waals surface area contributed by atoms with Crippen LogP contribution in [0.3, 0.4) is 0 Å². The van der Waals surface area contributed by atoms with E-state index in [1.807, 2.05) is 0 Å². The highest BCUT2D eigenvalue weighted by atomic mass is 35.5. The predicted molar refractivity (Wildman–Crippen MR) is 74.5 cm³/mol. The second kappa shape index (κ2) is 6.42. The average molecular weight is 326 g/mol. The average Bonchev–Trinajstić information content (AvgIpc) is 2.22. The number of hydrogen-bond acceptors (Lipinski definition) is 4. The van der Waals surface area contributed by atoms with Gasteiger partial charge in [0.1, 0.15) is 4.90 Å². The summed E-state index contributed by atoms with van der Waals surface area (Å²) in [6.45, 7) is 0.0592. The van der Waals surface area contributed by atoms with Crippen LogP contribution < -0.4 is 16.2 Å². The van der Waals surface area contributed by atoms with E-state index in [1.54, 1.807) is 0 Å². The van der Waals surface area contributed by atoms with E-state index in [0.29, 0.717) is 6.42 Å². The molecule has 0 unspecified atom stereocenters. The maximum atomic E-state index is 12.0. The van der Waals surface area contributed by atoms with E-state index in [-0.39, 0.29) is 33.6 Å². The van der Waals surface area contributed by atoms with E-state index >= 15 is 0 Å². The molecule has 6 nitrogen and oxygen atoms in total. The van der Waals surface area contributed by atoms with Crippen molar-refractivity contribution >= 4 is 44.8 Å². The largest absolute Gasteiger partial charge is 0.398 e. The van der Waals surface area contributed by atoms with Gasteiger partial charge in [-0.25, -0.2) is 13.1 Å². The number of anilines is 1. The van der Waals surface area contributed by atoms with Crippen LogP contribution in [0.15, 0.2) is 17.0 Å². The molecular weight excluding hydrogens is 313 g/mol. The zero-order valence-electron chi connectivity index (χ0n) is 9.82. The van der Waals surface area contributed by atoms with Gasteiger partial charge in [-0.2, -0.15) is 0 Å². The Bertz CT molecular complexity index is 567. The third kappa shape index (κ3) is 4.54. The summed E-state index contributed by atoms with van der Waals surface area (Å²) in [6.07, 6.45) is 0.381. The molecule has 9 heteroatoms. The smallest absolute Gasteiger partial charge is 0.244 e. The molecule has 0 aromatic heterocycles. The van der Waals surface area contributed by atoms with E-state index in [9.17, 15) is 13.2 Å². The van der Waals surface area contributed by atoms with E-state index < -0.39 is 15.9 Å². The van der Waals surface area contributed by atoms with Crippen molar-refractivity contribution in [3.63, 3.8) is 0 Å². The number of halogens is 2. The van der Waals surface area contributed by atoms with Gasteiger partial charge >= 0.3 is 0 Å². The molecule has 0 aliphatic heterocycles. The van der Waals surface area contributed by atoms with Crippen LogP contribution in [-0.2, 0) is 14.8 Å². The molecule has 0 radical (unpaired) electrons. The SMILES string of the molecule is NC(=O)CCCNS(=O)(=O)c1c(N)cc(Cl)cc1Cl. The summed E-state index contributed by atoms with van der Waals surface area (Å²) in [5, 5.41) is 0.183. The van der Waals surface area contributed by atoms with Crippen molar-refractivity contribution in [2.45, 2.75) is 17.7 Å². The summed E-state index contributed by atoms with van der Waals surface area (Å²) < 4.78 is 26.3. The van der Waals surface area contributed by atoms with Crippen molar-refractivity contribution in [2.24, 2.45) is 5.73 Å². The standard InChI is InChI=1S/C10H13Cl2N3O3S/c11-6-4-7(12)10(8(13)5-6)19(17,18)15-3-1-2-9(14)16/h4-5,15H,1-3,13H2,(H2,14,16). The van der Waals surface area contributed by atoms with Crippen LogP contribution in [0.2, 0.25) is 10.0 Å². The number of nitrogens with one attached hydrogen (secondary N) is 1. The maximum Gasteiger partial charge on any atom is 0.244 e. The molecule has 0 aliphatic carbocycles. The number of carbonyl (C=O) groups is 1. The minimum atomic E-state index is -3.85. The lowest BCUT2D eigenvalue weighted by atomic mass is 10.3. The van der Waals surface area contributed by atoms with Gasteiger partial charge in [-0.3, -0.25) is 4.79 Å². The number of carbonyl (C=O) groups excluding carboxylic acids is 1. The molecule has 0 spiro atoms. The number of sulfonamides is 1. The molecule has 106 valence electrons. The van der Waals surface area contributed by atoms with Gasteiger partial charge in [0, 0.05) is 18.0 Å². The predicted octanol–water partition coefficient (Wildman–Crippen LogP) is 1.12. The molecule has 0 atom stereocenters. The Kier molecular flexibility index (Phi) is 5.42. The molecule has 1 rings (SSSR count). The molecule has 0 bridgehead atoms. The number of rotatable bonds is 6. The van der Waals surface area contributed by atoms with E-state index in [4.69, 9.17) is 34.7 Å². The van der Waals surface area contributed by atoms with Crippen molar-refractivity contribution in [3.05, 3.63) is 22.2 Å². The summed E-state index contributed by atoms with van der Waals surface area (Å²) in [6, 6.07) is 2.59. The summed E-state index contributed by atoms with van der Waals surface area (Å²) >= 11 is 11.5. The van der Waals surface area contributed by atoms with E-state index in [0.717, 1.165) is 0 Å². The van der Waals surface area contributed by atoms with E-state index in [1.165, 1.54) is 12.1 Å². The number of nitrogen functional groups attached to an aromatic ring is 1. The lowest BCUT2D eigenvalue weighted by Gasteiger charge is -2.11. The Morgan fingerprint density at radius 1 is 1.32 bits per heavy atom. The van der Waals surface area contributed by atoms with Crippen LogP contribution in [0.25, 0.3) is 0 Å². The third-order valence-corrected chi connectivity index (χ3v) is 4.40. The number of benzene rings is 1. The molecular formula is C10H13Cl2N3O3S. The van der Waals surface area contributed by atoms with Gasteiger partial charge < -0.3 is 11.5 Å². The number of amides is 1. The van der Waals surface area contributed by atoms with E-state index in [2.05, 4.69) is 4.72 Å². The van der Waals surface area contributed by atoms with Gasteiger partial charge in [0.15, 0.2) is 0 Å². The molecule has 1 aromatic carbocycles. The van der Waals surface area contributed by atoms with Crippen LogP contribution in [0.4, 0.5) is 5.69 Å². The fourth-order valence-corrected chi connectivity index (χ4v) is 3.46. The lowest BCUT2D eigenvalue weighted by Crippen LogP contribution is -2.27. The van der Waals surface area contributed by atoms with Gasteiger partial charge in [-0.15, -0.1) is 0 Å². The van der Waals surface area contributed by atoms with Gasteiger partial charge in [-0.05, 0) is 18.6 Å². The summed E-state index contributed by atoms with van der Waals surface area (Å²) in [7, 11) is -3.85. The lowest BCUT2D eigenvalue weighted by molar-refractivity contribution is -0.118. The molecule has 1 aromatic rings. The minimum absolute atomic E-state index is 0.0418. The third-order valence-electron chi connectivity index (χ3n) is 2.20. The topological polar surface area (TPSA) is 115 Å². The van der Waals surface area contributed by atoms with Crippen LogP contribution in [0.1, 0.15) is 12.8 Å². The van der Waals surface area contributed by atoms with Crippen molar-refractivity contribution in [2.75, 3.05) is 12.3 Å². The molecule has 5 N–H and O–H groups in total. The first kappa shape index (κ1) is 16.0. The number of hydrogen-bond donors (Lipinski definition) is 3. The minimum Gasteiger partial charge on any atom is -0.398 e. The highest BCUT2D eigenvalue weighted by Crippen LogP contribution is 2.30. The first-order chi connectivity index (χ1) is 8.74. The van der Waals surface area contributed by atoms with Crippen molar-refractivity contribution in [1.82, 2.24) is 4.72 Å². The molecule has 1 amide bonds. The zero-order valence-corrected chi connectivity index (χ0v) is 12.1. The maximum absolute atomic E-state index is 12.0. The van der Waals surface area contributed by atoms with Gasteiger partial charge in [0.25, 0.3) is 0 Å². The van der Waals surface area contributed by atoms with Gasteiger partial charge in [0.05, 0.1) is 10.7 Å². The fraction of sp³-hybridized carbons (Fsp3) is 0.300. The molecule has 0 saturated carbocycles. The molecule has 0 aliphatic rings. The summed E-state index contributed by atoms with van der Waals surface area (Å²) in [5.74, 6) is -0.497. The van der Waals surface area contributed by atoms with Gasteiger partial charge in [0.2, 0.25) is 15.9 Å². The second-order valence-corrected chi connectivity index (χ2v) is 6.32. The first-order valence-electron chi connectivity index (χ1n) is 5.26. The zero-order chi connectivity index (χ0) is 14.6. The Labute approximate surface area is 121 Å². The van der Waals surface area contributed by atoms with Crippen molar-refractivity contribution < 1.29 is 13.2 Å². The monoisotopic (exact) mass is 325 g/mol. The van der Waals surface area contributed by atoms with Crippen LogP contribution in [0.5, 0.6) is 0 Å². The first-order valence-corrected chi connectivity index (χ1v) is 7.50. The van der Waals surface area contributed by atoms with Crippen LogP contribution in [0, 0.1) is 0 Å². The number of primary amides is 1. The Balaban J connectivity index is 2.86. The van der Waals surface area contributed by atoms with Crippen LogP contribution >= 0.6 is 23.2 Å². The molecule has 0 heterocycles. The molecule has 19 heavy (non-hydrogen) atoms. The highest BCUT2D eigenvalue weighted by Gasteiger charge is 2.21. The summed E-state index contributed by atoms with van der Waals surface area (Å²) in [4.78, 5) is 10.3. The number of nitrogens with two attached hydrogens (primary N) is 2. The molecule has 0 saturated heterocycles. The Morgan fingerprint density at radius 3 is 2.47 bits per heavy atom. The Hall–Kier alpha value is -1.02. The van der Waals surface area contributed by atoms with Crippen molar-refractivity contribution in [1.29, 1.82) is 0 Å². The normalized spacial score (nSPS) is 11.5. The molecule has 0 fully saturated rings. The summed E-state index contributed by atoms with van der Waals surface area (Å²) in [5.41, 5.74) is 10.5. The second-order valence-electron chi connectivity index (χ2n) is 3.77. The van der Waals surface area contributed by atoms with Crippen LogP contribution in [-0.4, -0.2) is 20.9 Å². The Morgan fingerprint density at radius 2 is 1.95 bits per heavy atom.